The molecule has 2 aromatic carbocycles. The fourth-order valence-electron chi connectivity index (χ4n) is 3.58. The number of anilines is 1. The summed E-state index contributed by atoms with van der Waals surface area (Å²) < 4.78 is 5.13. The Labute approximate surface area is 160 Å². The zero-order chi connectivity index (χ0) is 19.4. The van der Waals surface area contributed by atoms with E-state index in [9.17, 15) is 9.59 Å². The van der Waals surface area contributed by atoms with Gasteiger partial charge in [-0.1, -0.05) is 17.2 Å². The third-order valence-corrected chi connectivity index (χ3v) is 4.91. The summed E-state index contributed by atoms with van der Waals surface area (Å²) in [6, 6.07) is 13.1. The second-order valence-electron chi connectivity index (χ2n) is 7.18. The van der Waals surface area contributed by atoms with Crippen LogP contribution in [0.2, 0.25) is 0 Å². The van der Waals surface area contributed by atoms with Crippen molar-refractivity contribution in [1.82, 2.24) is 4.90 Å². The van der Waals surface area contributed by atoms with Crippen molar-refractivity contribution < 1.29 is 14.3 Å². The minimum atomic E-state index is -0.198. The lowest BCUT2D eigenvalue weighted by Gasteiger charge is -2.32. The normalized spacial score (nSPS) is 16.7. The van der Waals surface area contributed by atoms with Gasteiger partial charge in [0.2, 0.25) is 5.91 Å². The highest BCUT2D eigenvalue weighted by atomic mass is 16.5. The summed E-state index contributed by atoms with van der Waals surface area (Å²) >= 11 is 0. The number of nitrogens with zero attached hydrogens (tertiary/aromatic N) is 1. The van der Waals surface area contributed by atoms with Crippen LogP contribution in [0, 0.1) is 19.8 Å². The number of rotatable bonds is 4. The maximum Gasteiger partial charge on any atom is 0.253 e. The summed E-state index contributed by atoms with van der Waals surface area (Å²) in [7, 11) is 1.61. The molecule has 1 N–H and O–H groups in total. The molecule has 1 aliphatic heterocycles. The summed E-state index contributed by atoms with van der Waals surface area (Å²) in [6.45, 7) is 5.13. The number of aryl methyl sites for hydroxylation is 2. The van der Waals surface area contributed by atoms with Crippen molar-refractivity contribution in [2.45, 2.75) is 26.7 Å². The van der Waals surface area contributed by atoms with Gasteiger partial charge in [-0.05, 0) is 63.1 Å². The van der Waals surface area contributed by atoms with E-state index in [0.29, 0.717) is 18.7 Å². The molecule has 142 valence electrons. The topological polar surface area (TPSA) is 58.6 Å². The van der Waals surface area contributed by atoms with Gasteiger partial charge in [0.15, 0.2) is 0 Å². The fraction of sp³-hybridized carbons (Fsp3) is 0.364. The first-order chi connectivity index (χ1) is 13.0. The number of carbonyl (C=O) groups excluding carboxylic acids is 2. The highest BCUT2D eigenvalue weighted by Gasteiger charge is 2.29. The van der Waals surface area contributed by atoms with E-state index in [0.717, 1.165) is 35.4 Å². The molecule has 5 nitrogen and oxygen atoms in total. The third-order valence-electron chi connectivity index (χ3n) is 4.91. The van der Waals surface area contributed by atoms with Gasteiger partial charge >= 0.3 is 0 Å². The van der Waals surface area contributed by atoms with E-state index in [-0.39, 0.29) is 17.7 Å². The first-order valence-electron chi connectivity index (χ1n) is 9.29. The summed E-state index contributed by atoms with van der Waals surface area (Å²) in [5.74, 6) is 0.508. The lowest BCUT2D eigenvalue weighted by Crippen LogP contribution is -2.43. The number of ether oxygens (including phenoxy) is 1. The smallest absolute Gasteiger partial charge is 0.253 e. The average Bonchev–Trinajstić information content (AvgIpc) is 2.67. The zero-order valence-electron chi connectivity index (χ0n) is 16.1. The van der Waals surface area contributed by atoms with Crippen molar-refractivity contribution in [3.63, 3.8) is 0 Å². The summed E-state index contributed by atoms with van der Waals surface area (Å²) in [4.78, 5) is 27.3. The molecule has 1 atom stereocenters. The largest absolute Gasteiger partial charge is 0.497 e. The van der Waals surface area contributed by atoms with Crippen LogP contribution in [0.25, 0.3) is 0 Å². The van der Waals surface area contributed by atoms with Gasteiger partial charge in [0, 0.05) is 24.3 Å². The van der Waals surface area contributed by atoms with Gasteiger partial charge in [0.05, 0.1) is 13.0 Å². The number of benzene rings is 2. The Morgan fingerprint density at radius 1 is 1.07 bits per heavy atom. The fourth-order valence-corrected chi connectivity index (χ4v) is 3.58. The molecule has 1 heterocycles. The van der Waals surface area contributed by atoms with E-state index in [1.807, 2.05) is 50.2 Å². The van der Waals surface area contributed by atoms with Gasteiger partial charge in [-0.15, -0.1) is 0 Å². The predicted molar refractivity (Wildman–Crippen MR) is 106 cm³/mol. The van der Waals surface area contributed by atoms with Crippen LogP contribution in [0.15, 0.2) is 42.5 Å². The van der Waals surface area contributed by atoms with Crippen LogP contribution in [0.4, 0.5) is 5.69 Å². The molecule has 2 amide bonds. The van der Waals surface area contributed by atoms with E-state index >= 15 is 0 Å². The van der Waals surface area contributed by atoms with Gasteiger partial charge < -0.3 is 15.0 Å². The quantitative estimate of drug-likeness (QED) is 0.895. The molecular formula is C22H26N2O3. The first-order valence-corrected chi connectivity index (χ1v) is 9.29. The van der Waals surface area contributed by atoms with E-state index in [1.54, 1.807) is 12.0 Å². The van der Waals surface area contributed by atoms with Gasteiger partial charge in [-0.25, -0.2) is 0 Å². The van der Waals surface area contributed by atoms with Crippen molar-refractivity contribution in [3.8, 4) is 5.75 Å². The maximum atomic E-state index is 12.9. The number of amides is 2. The second-order valence-corrected chi connectivity index (χ2v) is 7.18. The average molecular weight is 366 g/mol. The van der Waals surface area contributed by atoms with E-state index in [1.165, 1.54) is 0 Å². The van der Waals surface area contributed by atoms with Crippen LogP contribution in [-0.2, 0) is 4.79 Å². The number of piperidine rings is 1. The van der Waals surface area contributed by atoms with Crippen LogP contribution in [0.1, 0.15) is 34.3 Å². The molecule has 0 radical (unpaired) electrons. The van der Waals surface area contributed by atoms with Crippen LogP contribution >= 0.6 is 0 Å². The maximum absolute atomic E-state index is 12.9. The number of hydrogen-bond donors (Lipinski definition) is 1. The van der Waals surface area contributed by atoms with Crippen LogP contribution in [0.3, 0.4) is 0 Å². The van der Waals surface area contributed by atoms with Crippen molar-refractivity contribution in [3.05, 3.63) is 59.2 Å². The molecule has 0 aliphatic carbocycles. The SMILES string of the molecule is COc1ccc(NC(=O)C2CCCN(C(=O)c3cc(C)cc(C)c3)C2)cc1. The molecule has 5 heteroatoms. The molecule has 27 heavy (non-hydrogen) atoms. The molecule has 1 aliphatic rings. The first kappa shape index (κ1) is 19.0. The summed E-state index contributed by atoms with van der Waals surface area (Å²) in [5.41, 5.74) is 3.58. The Morgan fingerprint density at radius 2 is 1.74 bits per heavy atom. The van der Waals surface area contributed by atoms with E-state index in [4.69, 9.17) is 4.74 Å². The van der Waals surface area contributed by atoms with Crippen molar-refractivity contribution >= 4 is 17.5 Å². The molecule has 1 saturated heterocycles. The number of methoxy groups -OCH3 is 1. The number of hydrogen-bond acceptors (Lipinski definition) is 3. The molecule has 0 spiro atoms. The molecule has 0 aromatic heterocycles. The van der Waals surface area contributed by atoms with Crippen molar-refractivity contribution in [2.24, 2.45) is 5.92 Å². The minimum absolute atomic E-state index is 0.00347. The molecule has 1 fully saturated rings. The second kappa shape index (κ2) is 8.25. The standard InChI is InChI=1S/C22H26N2O3/c1-15-11-16(2)13-18(12-15)22(26)24-10-4-5-17(14-24)21(25)23-19-6-8-20(27-3)9-7-19/h6-9,11-13,17H,4-5,10,14H2,1-3H3,(H,23,25). The van der Waals surface area contributed by atoms with Crippen LogP contribution in [-0.4, -0.2) is 36.9 Å². The molecule has 0 bridgehead atoms. The van der Waals surface area contributed by atoms with Gasteiger partial charge in [-0.2, -0.15) is 0 Å². The molecule has 2 aromatic rings. The Morgan fingerprint density at radius 3 is 2.37 bits per heavy atom. The highest BCUT2D eigenvalue weighted by molar-refractivity contribution is 5.96. The minimum Gasteiger partial charge on any atom is -0.497 e. The van der Waals surface area contributed by atoms with E-state index < -0.39 is 0 Å². The molecule has 3 rings (SSSR count). The number of carbonyl (C=O) groups is 2. The van der Waals surface area contributed by atoms with Gasteiger partial charge in [0.1, 0.15) is 5.75 Å². The molecule has 1 unspecified atom stereocenters. The monoisotopic (exact) mass is 366 g/mol. The Hall–Kier alpha value is -2.82. The number of likely N-dealkylation sites (tertiary alicyclic amines) is 1. The van der Waals surface area contributed by atoms with Crippen LogP contribution in [0.5, 0.6) is 5.75 Å². The van der Waals surface area contributed by atoms with Crippen LogP contribution < -0.4 is 10.1 Å². The summed E-state index contributed by atoms with van der Waals surface area (Å²) in [6.07, 6.45) is 1.62. The lowest BCUT2D eigenvalue weighted by molar-refractivity contribution is -0.121. The Balaban J connectivity index is 1.65. The third kappa shape index (κ3) is 4.67. The number of nitrogens with one attached hydrogen (secondary N) is 1. The van der Waals surface area contributed by atoms with Gasteiger partial charge in [0.25, 0.3) is 5.91 Å². The lowest BCUT2D eigenvalue weighted by atomic mass is 9.96. The van der Waals surface area contributed by atoms with E-state index in [2.05, 4.69) is 11.4 Å². The Kier molecular flexibility index (Phi) is 5.79. The predicted octanol–water partition coefficient (Wildman–Crippen LogP) is 3.80. The Bertz CT molecular complexity index is 810. The van der Waals surface area contributed by atoms with Crippen molar-refractivity contribution in [2.75, 3.05) is 25.5 Å². The zero-order valence-corrected chi connectivity index (χ0v) is 16.1. The van der Waals surface area contributed by atoms with Gasteiger partial charge in [-0.3, -0.25) is 9.59 Å². The molecule has 0 saturated carbocycles. The summed E-state index contributed by atoms with van der Waals surface area (Å²) in [5, 5.41) is 2.95. The molecular weight excluding hydrogens is 340 g/mol. The van der Waals surface area contributed by atoms with Crippen molar-refractivity contribution in [1.29, 1.82) is 0 Å². The highest BCUT2D eigenvalue weighted by Crippen LogP contribution is 2.22.